The van der Waals surface area contributed by atoms with Crippen molar-refractivity contribution < 1.29 is 22.4 Å². The van der Waals surface area contributed by atoms with Crippen molar-refractivity contribution in [3.8, 4) is 0 Å². The summed E-state index contributed by atoms with van der Waals surface area (Å²) in [5.41, 5.74) is 3.20. The molecule has 1 amide bonds. The Kier molecular flexibility index (Phi) is 5.21. The number of hydrazine groups is 1. The summed E-state index contributed by atoms with van der Waals surface area (Å²) >= 11 is 0. The number of rotatable bonds is 6. The number of nitrogens with zero attached hydrogens (tertiary/aromatic N) is 1. The van der Waals surface area contributed by atoms with Crippen LogP contribution in [-0.2, 0) is 14.8 Å². The first kappa shape index (κ1) is 18.3. The molecule has 1 aliphatic heterocycles. The van der Waals surface area contributed by atoms with Crippen molar-refractivity contribution in [1.82, 2.24) is 15.2 Å². The zero-order valence-corrected chi connectivity index (χ0v) is 15.0. The highest BCUT2D eigenvalue weighted by molar-refractivity contribution is 7.88. The monoisotopic (exact) mass is 377 g/mol. The standard InChI is InChI=1S/C17H19N3O5S/c1-26(23,24)19-18-17(22)13-6-4-8-20(10-13)11-14(21)16-9-12-5-2-3-7-15(12)25-16/h2-3,5-7,9,19H,4,8,10-11H2,1H3,(H,18,22). The van der Waals surface area contributed by atoms with Gasteiger partial charge in [-0.1, -0.05) is 24.3 Å². The fourth-order valence-corrected chi connectivity index (χ4v) is 3.00. The Balaban J connectivity index is 1.61. The van der Waals surface area contributed by atoms with E-state index in [2.05, 4.69) is 5.43 Å². The number of amides is 1. The van der Waals surface area contributed by atoms with Crippen molar-refractivity contribution in [3.63, 3.8) is 0 Å². The van der Waals surface area contributed by atoms with Crippen molar-refractivity contribution in [2.45, 2.75) is 6.42 Å². The van der Waals surface area contributed by atoms with E-state index in [1.54, 1.807) is 18.2 Å². The van der Waals surface area contributed by atoms with E-state index in [0.717, 1.165) is 11.6 Å². The van der Waals surface area contributed by atoms with Gasteiger partial charge in [-0.25, -0.2) is 8.42 Å². The van der Waals surface area contributed by atoms with Crippen LogP contribution in [0.1, 0.15) is 17.0 Å². The van der Waals surface area contributed by atoms with Crippen LogP contribution in [0.5, 0.6) is 0 Å². The maximum atomic E-state index is 12.5. The maximum absolute atomic E-state index is 12.5. The quantitative estimate of drug-likeness (QED) is 0.570. The summed E-state index contributed by atoms with van der Waals surface area (Å²) in [4.78, 5) is 28.3. The number of furan rings is 1. The number of Topliss-reactive ketones (excluding diaryl/α,β-unsaturated/α-hetero) is 1. The van der Waals surface area contributed by atoms with Crippen LogP contribution in [0.25, 0.3) is 11.0 Å². The lowest BCUT2D eigenvalue weighted by molar-refractivity contribution is -0.118. The second-order valence-corrected chi connectivity index (χ2v) is 7.88. The van der Waals surface area contributed by atoms with Crippen LogP contribution < -0.4 is 10.3 Å². The van der Waals surface area contributed by atoms with Gasteiger partial charge in [-0.3, -0.25) is 19.9 Å². The van der Waals surface area contributed by atoms with E-state index in [-0.39, 0.29) is 24.6 Å². The minimum Gasteiger partial charge on any atom is -0.453 e. The third-order valence-corrected chi connectivity index (χ3v) is 4.41. The molecule has 0 saturated heterocycles. The molecule has 26 heavy (non-hydrogen) atoms. The van der Waals surface area contributed by atoms with Crippen LogP contribution in [0.3, 0.4) is 0 Å². The first-order valence-corrected chi connectivity index (χ1v) is 9.91. The number of fused-ring (bicyclic) bond motifs is 1. The topological polar surface area (TPSA) is 109 Å². The molecule has 138 valence electrons. The predicted octanol–water partition coefficient (Wildman–Crippen LogP) is 0.828. The summed E-state index contributed by atoms with van der Waals surface area (Å²) in [6.07, 6.45) is 3.28. The molecular weight excluding hydrogens is 358 g/mol. The van der Waals surface area contributed by atoms with Crippen molar-refractivity contribution in [2.24, 2.45) is 0 Å². The average molecular weight is 377 g/mol. The minimum absolute atomic E-state index is 0.115. The average Bonchev–Trinajstić information content (AvgIpc) is 3.03. The van der Waals surface area contributed by atoms with Gasteiger partial charge in [0.15, 0.2) is 5.76 Å². The molecule has 1 aliphatic rings. The van der Waals surface area contributed by atoms with Gasteiger partial charge in [0.2, 0.25) is 15.8 Å². The summed E-state index contributed by atoms with van der Waals surface area (Å²) < 4.78 is 27.7. The fraction of sp³-hybridized carbons (Fsp3) is 0.294. The smallest absolute Gasteiger partial charge is 0.263 e. The number of hydrogen-bond donors (Lipinski definition) is 2. The third-order valence-electron chi connectivity index (χ3n) is 3.94. The first-order chi connectivity index (χ1) is 12.3. The summed E-state index contributed by atoms with van der Waals surface area (Å²) in [7, 11) is -3.53. The molecule has 2 N–H and O–H groups in total. The zero-order valence-electron chi connectivity index (χ0n) is 14.2. The van der Waals surface area contributed by atoms with Crippen LogP contribution in [0.2, 0.25) is 0 Å². The number of nitrogens with one attached hydrogen (secondary N) is 2. The molecule has 0 saturated carbocycles. The molecule has 1 aromatic carbocycles. The van der Waals surface area contributed by atoms with E-state index in [4.69, 9.17) is 4.42 Å². The van der Waals surface area contributed by atoms with Crippen LogP contribution in [-0.4, -0.2) is 50.9 Å². The highest BCUT2D eigenvalue weighted by atomic mass is 32.2. The Hall–Kier alpha value is -2.49. The third kappa shape index (κ3) is 4.57. The van der Waals surface area contributed by atoms with Crippen molar-refractivity contribution in [2.75, 3.05) is 25.9 Å². The Bertz CT molecular complexity index is 944. The van der Waals surface area contributed by atoms with Gasteiger partial charge in [-0.15, -0.1) is 4.83 Å². The first-order valence-electron chi connectivity index (χ1n) is 8.02. The largest absolute Gasteiger partial charge is 0.453 e. The second-order valence-electron chi connectivity index (χ2n) is 6.13. The molecular formula is C17H19N3O5S. The SMILES string of the molecule is CS(=O)(=O)NNC(=O)C1=CCCN(CC(=O)c2cc3ccccc3o2)C1. The molecule has 0 aliphatic carbocycles. The Labute approximate surface area is 150 Å². The molecule has 0 spiro atoms. The van der Waals surface area contributed by atoms with Crippen LogP contribution in [0.4, 0.5) is 0 Å². The van der Waals surface area contributed by atoms with Gasteiger partial charge in [0.1, 0.15) is 5.58 Å². The molecule has 1 aromatic heterocycles. The minimum atomic E-state index is -3.53. The Morgan fingerprint density at radius 3 is 2.77 bits per heavy atom. The van der Waals surface area contributed by atoms with Gasteiger partial charge < -0.3 is 4.42 Å². The highest BCUT2D eigenvalue weighted by Crippen LogP contribution is 2.20. The molecule has 2 heterocycles. The number of para-hydroxylation sites is 1. The fourth-order valence-electron chi connectivity index (χ4n) is 2.72. The predicted molar refractivity (Wildman–Crippen MR) is 95.8 cm³/mol. The normalized spacial score (nSPS) is 15.7. The summed E-state index contributed by atoms with van der Waals surface area (Å²) in [6, 6.07) is 9.09. The summed E-state index contributed by atoms with van der Waals surface area (Å²) in [6.45, 7) is 0.995. The van der Waals surface area contributed by atoms with E-state index in [1.165, 1.54) is 0 Å². The summed E-state index contributed by atoms with van der Waals surface area (Å²) in [5.74, 6) is -0.418. The van der Waals surface area contributed by atoms with Gasteiger partial charge >= 0.3 is 0 Å². The van der Waals surface area contributed by atoms with Crippen LogP contribution >= 0.6 is 0 Å². The molecule has 3 rings (SSSR count). The molecule has 2 aromatic rings. The van der Waals surface area contributed by atoms with E-state index in [0.29, 0.717) is 24.1 Å². The van der Waals surface area contributed by atoms with Gasteiger partial charge in [-0.2, -0.15) is 0 Å². The van der Waals surface area contributed by atoms with Crippen molar-refractivity contribution in [3.05, 3.63) is 47.7 Å². The molecule has 0 atom stereocenters. The second kappa shape index (κ2) is 7.40. The van der Waals surface area contributed by atoms with Crippen LogP contribution in [0.15, 0.2) is 46.4 Å². The number of benzene rings is 1. The molecule has 0 radical (unpaired) electrons. The molecule has 0 bridgehead atoms. The molecule has 0 unspecified atom stereocenters. The number of ketones is 1. The van der Waals surface area contributed by atoms with Gasteiger partial charge in [0.25, 0.3) is 5.91 Å². The molecule has 0 fully saturated rings. The van der Waals surface area contributed by atoms with Gasteiger partial charge in [0.05, 0.1) is 12.8 Å². The van der Waals surface area contributed by atoms with Crippen molar-refractivity contribution >= 4 is 32.7 Å². The number of hydrogen-bond acceptors (Lipinski definition) is 6. The van der Waals surface area contributed by atoms with E-state index < -0.39 is 15.9 Å². The molecule has 8 nitrogen and oxygen atoms in total. The lowest BCUT2D eigenvalue weighted by Gasteiger charge is -2.25. The Morgan fingerprint density at radius 1 is 1.27 bits per heavy atom. The lowest BCUT2D eigenvalue weighted by atomic mass is 10.1. The Morgan fingerprint density at radius 2 is 2.04 bits per heavy atom. The maximum Gasteiger partial charge on any atom is 0.263 e. The van der Waals surface area contributed by atoms with Gasteiger partial charge in [-0.05, 0) is 18.6 Å². The van der Waals surface area contributed by atoms with E-state index in [1.807, 2.05) is 27.9 Å². The summed E-state index contributed by atoms with van der Waals surface area (Å²) in [5, 5.41) is 0.862. The number of carbonyl (C=O) groups is 2. The van der Waals surface area contributed by atoms with Crippen LogP contribution in [0, 0.1) is 0 Å². The zero-order chi connectivity index (χ0) is 18.7. The highest BCUT2D eigenvalue weighted by Gasteiger charge is 2.22. The number of carbonyl (C=O) groups excluding carboxylic acids is 2. The number of sulfonamides is 1. The molecule has 9 heteroatoms. The lowest BCUT2D eigenvalue weighted by Crippen LogP contribution is -2.45. The van der Waals surface area contributed by atoms with E-state index in [9.17, 15) is 18.0 Å². The van der Waals surface area contributed by atoms with Gasteiger partial charge in [0, 0.05) is 24.0 Å². The van der Waals surface area contributed by atoms with E-state index >= 15 is 0 Å². The van der Waals surface area contributed by atoms with Crippen molar-refractivity contribution in [1.29, 1.82) is 0 Å².